The molecule has 3 N–H and O–H groups in total. The molecule has 0 aromatic heterocycles. The Bertz CT molecular complexity index is 268. The van der Waals surface area contributed by atoms with E-state index in [4.69, 9.17) is 5.84 Å². The molecule has 1 rings (SSSR count). The molecule has 0 unspecified atom stereocenters. The lowest BCUT2D eigenvalue weighted by atomic mass is 10.2. The Kier molecular flexibility index (Phi) is 3.60. The van der Waals surface area contributed by atoms with Crippen molar-refractivity contribution in [1.29, 1.82) is 0 Å². The Labute approximate surface area is 74.5 Å². The molecule has 0 aliphatic rings. The predicted octanol–water partition coefficient (Wildman–Crippen LogP) is 1.25. The quantitative estimate of drug-likeness (QED) is 0.552. The van der Waals surface area contributed by atoms with Gasteiger partial charge in [0.2, 0.25) is 0 Å². The second-order valence-electron chi connectivity index (χ2n) is 2.41. The minimum Gasteiger partial charge on any atom is -0.435 e. The highest BCUT2D eigenvalue weighted by molar-refractivity contribution is 5.28. The monoisotopic (exact) mass is 188 g/mol. The van der Waals surface area contributed by atoms with Crippen LogP contribution in [-0.4, -0.2) is 6.61 Å². The van der Waals surface area contributed by atoms with Crippen molar-refractivity contribution in [2.75, 3.05) is 0 Å². The van der Waals surface area contributed by atoms with Crippen LogP contribution in [-0.2, 0) is 6.54 Å². The number of alkyl halides is 2. The molecule has 0 radical (unpaired) electrons. The van der Waals surface area contributed by atoms with Gasteiger partial charge < -0.3 is 4.74 Å². The van der Waals surface area contributed by atoms with Crippen molar-refractivity contribution in [3.63, 3.8) is 0 Å². The molecule has 0 fully saturated rings. The SMILES string of the molecule is NNCc1cccc(OC(F)F)c1. The number of nitrogens with two attached hydrogens (primary N) is 1. The van der Waals surface area contributed by atoms with E-state index in [2.05, 4.69) is 10.2 Å². The highest BCUT2D eigenvalue weighted by Crippen LogP contribution is 2.15. The number of rotatable bonds is 4. The summed E-state index contributed by atoms with van der Waals surface area (Å²) < 4.78 is 27.8. The lowest BCUT2D eigenvalue weighted by Crippen LogP contribution is -2.20. The maximum Gasteiger partial charge on any atom is 0.387 e. The molecule has 3 nitrogen and oxygen atoms in total. The van der Waals surface area contributed by atoms with E-state index in [9.17, 15) is 8.78 Å². The largest absolute Gasteiger partial charge is 0.435 e. The van der Waals surface area contributed by atoms with Crippen molar-refractivity contribution in [1.82, 2.24) is 5.43 Å². The topological polar surface area (TPSA) is 47.3 Å². The van der Waals surface area contributed by atoms with Crippen LogP contribution < -0.4 is 16.0 Å². The molecule has 13 heavy (non-hydrogen) atoms. The summed E-state index contributed by atoms with van der Waals surface area (Å²) in [6, 6.07) is 6.36. The zero-order valence-electron chi connectivity index (χ0n) is 6.84. The highest BCUT2D eigenvalue weighted by Gasteiger charge is 2.03. The molecule has 1 aromatic carbocycles. The van der Waals surface area contributed by atoms with Gasteiger partial charge in [-0.05, 0) is 17.7 Å². The van der Waals surface area contributed by atoms with Crippen LogP contribution >= 0.6 is 0 Å². The Balaban J connectivity index is 2.67. The molecular formula is C8H10F2N2O. The standard InChI is InChI=1S/C8H10F2N2O/c9-8(10)13-7-3-1-2-6(4-7)5-12-11/h1-4,8,12H,5,11H2. The second-order valence-corrected chi connectivity index (χ2v) is 2.41. The number of hydrogen-bond donors (Lipinski definition) is 2. The van der Waals surface area contributed by atoms with Gasteiger partial charge in [-0.3, -0.25) is 11.3 Å². The average molecular weight is 188 g/mol. The molecule has 0 aliphatic carbocycles. The Hall–Kier alpha value is -1.20. The summed E-state index contributed by atoms with van der Waals surface area (Å²) in [5.41, 5.74) is 3.21. The number of hydrazine groups is 1. The van der Waals surface area contributed by atoms with E-state index in [0.29, 0.717) is 6.54 Å². The van der Waals surface area contributed by atoms with Gasteiger partial charge in [-0.15, -0.1) is 0 Å². The van der Waals surface area contributed by atoms with Gasteiger partial charge in [0, 0.05) is 6.54 Å². The first-order valence-corrected chi connectivity index (χ1v) is 3.69. The van der Waals surface area contributed by atoms with Crippen LogP contribution in [0.15, 0.2) is 24.3 Å². The summed E-state index contributed by atoms with van der Waals surface area (Å²) in [5.74, 6) is 5.21. The van der Waals surface area contributed by atoms with Crippen molar-refractivity contribution in [3.05, 3.63) is 29.8 Å². The minimum atomic E-state index is -2.79. The Morgan fingerprint density at radius 2 is 2.23 bits per heavy atom. The van der Waals surface area contributed by atoms with Crippen LogP contribution in [0.25, 0.3) is 0 Å². The van der Waals surface area contributed by atoms with Gasteiger partial charge in [0.15, 0.2) is 0 Å². The summed E-state index contributed by atoms with van der Waals surface area (Å²) in [4.78, 5) is 0. The molecule has 0 saturated carbocycles. The third kappa shape index (κ3) is 3.35. The zero-order chi connectivity index (χ0) is 9.68. The maximum atomic E-state index is 11.8. The van der Waals surface area contributed by atoms with Crippen molar-refractivity contribution >= 4 is 0 Å². The third-order valence-corrected chi connectivity index (χ3v) is 1.43. The molecular weight excluding hydrogens is 178 g/mol. The van der Waals surface area contributed by atoms with Crippen LogP contribution in [0.2, 0.25) is 0 Å². The number of ether oxygens (including phenoxy) is 1. The molecule has 0 bridgehead atoms. The zero-order valence-corrected chi connectivity index (χ0v) is 6.84. The number of nitrogens with one attached hydrogen (secondary N) is 1. The molecule has 0 atom stereocenters. The number of benzene rings is 1. The first-order valence-electron chi connectivity index (χ1n) is 3.69. The first-order chi connectivity index (χ1) is 6.22. The normalized spacial score (nSPS) is 10.5. The fourth-order valence-electron chi connectivity index (χ4n) is 0.949. The van der Waals surface area contributed by atoms with Crippen LogP contribution in [0, 0.1) is 0 Å². The molecule has 0 aliphatic heterocycles. The minimum absolute atomic E-state index is 0.141. The third-order valence-electron chi connectivity index (χ3n) is 1.43. The van der Waals surface area contributed by atoms with E-state index in [1.165, 1.54) is 12.1 Å². The fraction of sp³-hybridized carbons (Fsp3) is 0.250. The van der Waals surface area contributed by atoms with Gasteiger partial charge in [-0.25, -0.2) is 0 Å². The second kappa shape index (κ2) is 4.74. The number of hydrogen-bond acceptors (Lipinski definition) is 3. The van der Waals surface area contributed by atoms with E-state index < -0.39 is 6.61 Å². The molecule has 0 spiro atoms. The van der Waals surface area contributed by atoms with Crippen LogP contribution in [0.3, 0.4) is 0 Å². The molecule has 72 valence electrons. The fourth-order valence-corrected chi connectivity index (χ4v) is 0.949. The van der Waals surface area contributed by atoms with E-state index in [1.54, 1.807) is 12.1 Å². The molecule has 1 aromatic rings. The lowest BCUT2D eigenvalue weighted by Gasteiger charge is -2.05. The Morgan fingerprint density at radius 3 is 2.85 bits per heavy atom. The van der Waals surface area contributed by atoms with E-state index in [-0.39, 0.29) is 5.75 Å². The van der Waals surface area contributed by atoms with E-state index in [1.807, 2.05) is 0 Å². The molecule has 0 amide bonds. The average Bonchev–Trinajstić information content (AvgIpc) is 2.04. The van der Waals surface area contributed by atoms with Gasteiger partial charge in [0.05, 0.1) is 0 Å². The highest BCUT2D eigenvalue weighted by atomic mass is 19.3. The van der Waals surface area contributed by atoms with Crippen molar-refractivity contribution in [2.45, 2.75) is 13.2 Å². The van der Waals surface area contributed by atoms with Crippen LogP contribution in [0.4, 0.5) is 8.78 Å². The number of halogens is 2. The van der Waals surface area contributed by atoms with Crippen molar-refractivity contribution < 1.29 is 13.5 Å². The summed E-state index contributed by atoms with van der Waals surface area (Å²) in [6.07, 6.45) is 0. The van der Waals surface area contributed by atoms with Gasteiger partial charge >= 0.3 is 6.61 Å². The summed E-state index contributed by atoms with van der Waals surface area (Å²) in [7, 11) is 0. The van der Waals surface area contributed by atoms with Gasteiger partial charge in [0.1, 0.15) is 5.75 Å². The van der Waals surface area contributed by atoms with Gasteiger partial charge in [-0.1, -0.05) is 12.1 Å². The maximum absolute atomic E-state index is 11.8. The lowest BCUT2D eigenvalue weighted by molar-refractivity contribution is -0.0498. The van der Waals surface area contributed by atoms with Crippen molar-refractivity contribution in [3.8, 4) is 5.75 Å². The molecule has 0 saturated heterocycles. The van der Waals surface area contributed by atoms with E-state index in [0.717, 1.165) is 5.56 Å². The van der Waals surface area contributed by atoms with Gasteiger partial charge in [0.25, 0.3) is 0 Å². The van der Waals surface area contributed by atoms with E-state index >= 15 is 0 Å². The summed E-state index contributed by atoms with van der Waals surface area (Å²) in [5, 5.41) is 0. The molecule has 5 heteroatoms. The predicted molar refractivity (Wildman–Crippen MR) is 44.1 cm³/mol. The van der Waals surface area contributed by atoms with Gasteiger partial charge in [-0.2, -0.15) is 8.78 Å². The van der Waals surface area contributed by atoms with Crippen molar-refractivity contribution in [2.24, 2.45) is 5.84 Å². The summed E-state index contributed by atoms with van der Waals surface area (Å²) >= 11 is 0. The summed E-state index contributed by atoms with van der Waals surface area (Å²) in [6.45, 7) is -2.37. The first kappa shape index (κ1) is 9.88. The smallest absolute Gasteiger partial charge is 0.387 e. The Morgan fingerprint density at radius 1 is 1.46 bits per heavy atom. The molecule has 0 heterocycles. The van der Waals surface area contributed by atoms with Crippen LogP contribution in [0.5, 0.6) is 5.75 Å². The van der Waals surface area contributed by atoms with Crippen LogP contribution in [0.1, 0.15) is 5.56 Å².